The average Bonchev–Trinajstić information content (AvgIpc) is 2.43. The van der Waals surface area contributed by atoms with Gasteiger partial charge in [-0.25, -0.2) is 0 Å². The van der Waals surface area contributed by atoms with Gasteiger partial charge in [0, 0.05) is 6.54 Å². The van der Waals surface area contributed by atoms with Crippen molar-refractivity contribution in [3.05, 3.63) is 29.3 Å². The molecule has 0 saturated heterocycles. The Labute approximate surface area is 124 Å². The number of aryl methyl sites for hydroxylation is 2. The Hall–Kier alpha value is -2.37. The summed E-state index contributed by atoms with van der Waals surface area (Å²) in [6.45, 7) is 9.12. The topological polar surface area (TPSA) is 69.2 Å². The lowest BCUT2D eigenvalue weighted by Gasteiger charge is -2.09. The predicted molar refractivity (Wildman–Crippen MR) is 81.1 cm³/mol. The van der Waals surface area contributed by atoms with Crippen molar-refractivity contribution in [1.82, 2.24) is 15.0 Å². The summed E-state index contributed by atoms with van der Waals surface area (Å²) < 4.78 is 11.0. The van der Waals surface area contributed by atoms with E-state index in [1.54, 1.807) is 0 Å². The van der Waals surface area contributed by atoms with Crippen LogP contribution in [0.15, 0.2) is 18.2 Å². The predicted octanol–water partition coefficient (Wildman–Crippen LogP) is 3.11. The van der Waals surface area contributed by atoms with E-state index in [0.29, 0.717) is 24.8 Å². The number of hydrogen-bond donors (Lipinski definition) is 1. The van der Waals surface area contributed by atoms with Crippen LogP contribution < -0.4 is 14.8 Å². The van der Waals surface area contributed by atoms with Crippen molar-refractivity contribution in [1.29, 1.82) is 0 Å². The molecule has 21 heavy (non-hydrogen) atoms. The highest BCUT2D eigenvalue weighted by atomic mass is 16.5. The van der Waals surface area contributed by atoms with Gasteiger partial charge in [-0.2, -0.15) is 9.97 Å². The van der Waals surface area contributed by atoms with Crippen molar-refractivity contribution in [2.75, 3.05) is 18.5 Å². The highest BCUT2D eigenvalue weighted by Crippen LogP contribution is 2.23. The van der Waals surface area contributed by atoms with E-state index in [1.165, 1.54) is 5.56 Å². The van der Waals surface area contributed by atoms with Gasteiger partial charge in [0.15, 0.2) is 0 Å². The minimum Gasteiger partial charge on any atom is -0.464 e. The average molecular weight is 288 g/mol. The van der Waals surface area contributed by atoms with E-state index in [-0.39, 0.29) is 12.0 Å². The Kier molecular flexibility index (Phi) is 4.92. The zero-order valence-corrected chi connectivity index (χ0v) is 12.8. The van der Waals surface area contributed by atoms with Crippen LogP contribution in [0.2, 0.25) is 0 Å². The van der Waals surface area contributed by atoms with Crippen LogP contribution in [-0.2, 0) is 0 Å². The minimum atomic E-state index is 0.215. The molecule has 2 rings (SSSR count). The Morgan fingerprint density at radius 3 is 2.43 bits per heavy atom. The number of nitrogens with zero attached hydrogens (tertiary/aromatic N) is 3. The van der Waals surface area contributed by atoms with Crippen molar-refractivity contribution in [3.63, 3.8) is 0 Å². The lowest BCUT2D eigenvalue weighted by atomic mass is 10.1. The molecule has 2 aromatic rings. The summed E-state index contributed by atoms with van der Waals surface area (Å²) >= 11 is 0. The minimum absolute atomic E-state index is 0.215. The molecule has 1 heterocycles. The van der Waals surface area contributed by atoms with Crippen LogP contribution in [0.3, 0.4) is 0 Å². The fourth-order valence-corrected chi connectivity index (χ4v) is 1.70. The first-order valence-electron chi connectivity index (χ1n) is 7.00. The molecule has 0 unspecified atom stereocenters. The van der Waals surface area contributed by atoms with Gasteiger partial charge >= 0.3 is 12.0 Å². The molecule has 0 saturated carbocycles. The Morgan fingerprint density at radius 2 is 1.76 bits per heavy atom. The number of rotatable bonds is 6. The molecule has 0 fully saturated rings. The number of hydrogen-bond acceptors (Lipinski definition) is 6. The van der Waals surface area contributed by atoms with Gasteiger partial charge in [-0.3, -0.25) is 0 Å². The maximum absolute atomic E-state index is 5.71. The second-order valence-electron chi connectivity index (χ2n) is 4.54. The molecule has 1 aromatic carbocycles. The molecule has 0 aliphatic carbocycles. The molecule has 1 aromatic heterocycles. The quantitative estimate of drug-likeness (QED) is 0.880. The Bertz CT molecular complexity index is 592. The first kappa shape index (κ1) is 15.0. The molecule has 6 heteroatoms. The third kappa shape index (κ3) is 4.05. The van der Waals surface area contributed by atoms with Gasteiger partial charge in [-0.05, 0) is 51.0 Å². The maximum Gasteiger partial charge on any atom is 0.330 e. The number of benzene rings is 1. The summed E-state index contributed by atoms with van der Waals surface area (Å²) in [7, 11) is 0. The number of ether oxygens (including phenoxy) is 2. The van der Waals surface area contributed by atoms with Crippen LogP contribution in [0.4, 0.5) is 5.95 Å². The van der Waals surface area contributed by atoms with Gasteiger partial charge < -0.3 is 14.8 Å². The second kappa shape index (κ2) is 6.88. The third-order valence-electron chi connectivity index (χ3n) is 2.89. The van der Waals surface area contributed by atoms with E-state index >= 15 is 0 Å². The molecular weight excluding hydrogens is 268 g/mol. The first-order chi connectivity index (χ1) is 10.1. The summed E-state index contributed by atoms with van der Waals surface area (Å²) in [5.74, 6) is 1.13. The molecule has 0 bridgehead atoms. The van der Waals surface area contributed by atoms with Crippen LogP contribution in [0.1, 0.15) is 25.0 Å². The van der Waals surface area contributed by atoms with Crippen LogP contribution >= 0.6 is 0 Å². The van der Waals surface area contributed by atoms with Gasteiger partial charge in [0.2, 0.25) is 5.95 Å². The normalized spacial score (nSPS) is 10.3. The summed E-state index contributed by atoms with van der Waals surface area (Å²) in [4.78, 5) is 12.5. The summed E-state index contributed by atoms with van der Waals surface area (Å²) in [5.41, 5.74) is 2.36. The summed E-state index contributed by atoms with van der Waals surface area (Å²) in [6, 6.07) is 6.31. The Morgan fingerprint density at radius 1 is 1.00 bits per heavy atom. The van der Waals surface area contributed by atoms with Crippen molar-refractivity contribution in [2.24, 2.45) is 0 Å². The largest absolute Gasteiger partial charge is 0.464 e. The van der Waals surface area contributed by atoms with E-state index < -0.39 is 0 Å². The SMILES string of the molecule is CCNc1nc(OCC)nc(Oc2ccc(C)c(C)c2)n1. The van der Waals surface area contributed by atoms with E-state index in [4.69, 9.17) is 9.47 Å². The van der Waals surface area contributed by atoms with Crippen LogP contribution in [0, 0.1) is 13.8 Å². The van der Waals surface area contributed by atoms with E-state index in [9.17, 15) is 0 Å². The second-order valence-corrected chi connectivity index (χ2v) is 4.54. The molecule has 0 amide bonds. The van der Waals surface area contributed by atoms with E-state index in [2.05, 4.69) is 27.2 Å². The van der Waals surface area contributed by atoms with E-state index in [0.717, 1.165) is 5.56 Å². The monoisotopic (exact) mass is 288 g/mol. The van der Waals surface area contributed by atoms with Crippen LogP contribution in [0.25, 0.3) is 0 Å². The van der Waals surface area contributed by atoms with Crippen LogP contribution in [0.5, 0.6) is 17.8 Å². The fourth-order valence-electron chi connectivity index (χ4n) is 1.70. The molecule has 0 radical (unpaired) electrons. The number of aromatic nitrogens is 3. The standard InChI is InChI=1S/C15H20N4O2/c1-5-16-13-17-14(20-6-2)19-15(18-13)21-12-8-7-10(3)11(4)9-12/h7-9H,5-6H2,1-4H3,(H,16,17,18,19). The lowest BCUT2D eigenvalue weighted by Crippen LogP contribution is -2.07. The molecular formula is C15H20N4O2. The Balaban J connectivity index is 2.26. The third-order valence-corrected chi connectivity index (χ3v) is 2.89. The molecule has 0 spiro atoms. The van der Waals surface area contributed by atoms with Gasteiger partial charge in [-0.1, -0.05) is 6.07 Å². The molecule has 6 nitrogen and oxygen atoms in total. The first-order valence-corrected chi connectivity index (χ1v) is 7.00. The number of anilines is 1. The zero-order valence-electron chi connectivity index (χ0n) is 12.8. The lowest BCUT2D eigenvalue weighted by molar-refractivity contribution is 0.304. The highest BCUT2D eigenvalue weighted by molar-refractivity contribution is 5.36. The fraction of sp³-hybridized carbons (Fsp3) is 0.400. The maximum atomic E-state index is 5.71. The zero-order chi connectivity index (χ0) is 15.2. The van der Waals surface area contributed by atoms with Crippen molar-refractivity contribution in [3.8, 4) is 17.8 Å². The van der Waals surface area contributed by atoms with Gasteiger partial charge in [-0.15, -0.1) is 4.98 Å². The van der Waals surface area contributed by atoms with Crippen molar-refractivity contribution < 1.29 is 9.47 Å². The summed E-state index contributed by atoms with van der Waals surface area (Å²) in [6.07, 6.45) is 0. The van der Waals surface area contributed by atoms with Gasteiger partial charge in [0.05, 0.1) is 6.61 Å². The smallest absolute Gasteiger partial charge is 0.330 e. The summed E-state index contributed by atoms with van der Waals surface area (Å²) in [5, 5.41) is 3.03. The molecule has 112 valence electrons. The highest BCUT2D eigenvalue weighted by Gasteiger charge is 2.09. The van der Waals surface area contributed by atoms with Gasteiger partial charge in [0.25, 0.3) is 0 Å². The molecule has 0 aliphatic heterocycles. The molecule has 1 N–H and O–H groups in total. The molecule has 0 aliphatic rings. The number of nitrogens with one attached hydrogen (secondary N) is 1. The van der Waals surface area contributed by atoms with Crippen molar-refractivity contribution in [2.45, 2.75) is 27.7 Å². The van der Waals surface area contributed by atoms with Gasteiger partial charge in [0.1, 0.15) is 5.75 Å². The van der Waals surface area contributed by atoms with Crippen LogP contribution in [-0.4, -0.2) is 28.1 Å². The molecule has 0 atom stereocenters. The van der Waals surface area contributed by atoms with Crippen molar-refractivity contribution >= 4 is 5.95 Å². The van der Waals surface area contributed by atoms with E-state index in [1.807, 2.05) is 39.0 Å².